The Balaban J connectivity index is 1.48. The van der Waals surface area contributed by atoms with Crippen molar-refractivity contribution in [2.45, 2.75) is 70.7 Å². The summed E-state index contributed by atoms with van der Waals surface area (Å²) in [5.74, 6) is 1.51. The first-order valence-corrected chi connectivity index (χ1v) is 14.8. The SMILES string of the molecule is Cc1cc(C=CC(=O)c2ccc(OCCCCCC3CCSS3)cc2)cc(C)c1OC(C)(C)C(=O)O. The first kappa shape index (κ1) is 28.2. The minimum atomic E-state index is -1.33. The first-order chi connectivity index (χ1) is 17.2. The van der Waals surface area contributed by atoms with Crippen molar-refractivity contribution in [3.63, 3.8) is 0 Å². The number of unbranched alkanes of at least 4 members (excludes halogenated alkanes) is 2. The molecule has 7 heteroatoms. The number of aryl methyl sites for hydroxylation is 2. The Kier molecular flexibility index (Phi) is 10.4. The Labute approximate surface area is 222 Å². The second-order valence-corrected chi connectivity index (χ2v) is 12.4. The fourth-order valence-corrected chi connectivity index (χ4v) is 6.96. The third kappa shape index (κ3) is 8.34. The highest BCUT2D eigenvalue weighted by Crippen LogP contribution is 2.39. The van der Waals surface area contributed by atoms with E-state index in [1.54, 1.807) is 24.3 Å². The maximum absolute atomic E-state index is 12.6. The van der Waals surface area contributed by atoms with Gasteiger partial charge in [0.15, 0.2) is 11.4 Å². The summed E-state index contributed by atoms with van der Waals surface area (Å²) in [7, 11) is 4.04. The number of ether oxygens (including phenoxy) is 2. The second kappa shape index (κ2) is 13.2. The first-order valence-electron chi connectivity index (χ1n) is 12.4. The van der Waals surface area contributed by atoms with E-state index in [0.29, 0.717) is 17.9 Å². The topological polar surface area (TPSA) is 72.8 Å². The van der Waals surface area contributed by atoms with Gasteiger partial charge in [-0.25, -0.2) is 4.79 Å². The molecule has 0 aliphatic carbocycles. The van der Waals surface area contributed by atoms with Crippen LogP contribution in [0.15, 0.2) is 42.5 Å². The Morgan fingerprint density at radius 1 is 1.08 bits per heavy atom. The quantitative estimate of drug-likeness (QED) is 0.125. The van der Waals surface area contributed by atoms with Crippen LogP contribution in [0, 0.1) is 13.8 Å². The van der Waals surface area contributed by atoms with Crippen molar-refractivity contribution in [3.05, 3.63) is 64.7 Å². The minimum absolute atomic E-state index is 0.0906. The normalized spacial score (nSPS) is 15.8. The summed E-state index contributed by atoms with van der Waals surface area (Å²) in [6.45, 7) is 7.47. The van der Waals surface area contributed by atoms with E-state index < -0.39 is 11.6 Å². The average Bonchev–Trinajstić information content (AvgIpc) is 3.36. The van der Waals surface area contributed by atoms with Crippen molar-refractivity contribution in [1.82, 2.24) is 0 Å². The van der Waals surface area contributed by atoms with E-state index in [1.807, 2.05) is 59.7 Å². The summed E-state index contributed by atoms with van der Waals surface area (Å²) >= 11 is 0. The van der Waals surface area contributed by atoms with Gasteiger partial charge in [-0.1, -0.05) is 40.5 Å². The van der Waals surface area contributed by atoms with Crippen molar-refractivity contribution >= 4 is 39.4 Å². The predicted molar refractivity (Wildman–Crippen MR) is 150 cm³/mol. The molecule has 194 valence electrons. The molecule has 1 aliphatic heterocycles. The molecule has 1 atom stereocenters. The molecule has 36 heavy (non-hydrogen) atoms. The molecule has 0 amide bonds. The highest BCUT2D eigenvalue weighted by atomic mass is 33.1. The lowest BCUT2D eigenvalue weighted by molar-refractivity contribution is -0.152. The van der Waals surface area contributed by atoms with Crippen LogP contribution in [0.25, 0.3) is 6.08 Å². The number of carbonyl (C=O) groups excluding carboxylic acids is 1. The van der Waals surface area contributed by atoms with Crippen LogP contribution in [0.1, 0.15) is 73.0 Å². The molecular formula is C29H36O5S2. The van der Waals surface area contributed by atoms with Crippen LogP contribution in [-0.2, 0) is 4.79 Å². The summed E-state index contributed by atoms with van der Waals surface area (Å²) in [5.41, 5.74) is 1.75. The van der Waals surface area contributed by atoms with Crippen LogP contribution < -0.4 is 9.47 Å². The minimum Gasteiger partial charge on any atom is -0.494 e. The Morgan fingerprint density at radius 3 is 2.39 bits per heavy atom. The van der Waals surface area contributed by atoms with Crippen LogP contribution in [0.2, 0.25) is 0 Å². The number of allylic oxidation sites excluding steroid dienone is 1. The molecule has 1 heterocycles. The number of ketones is 1. The molecule has 1 aliphatic rings. The Hall–Kier alpha value is -2.38. The van der Waals surface area contributed by atoms with Crippen LogP contribution in [-0.4, -0.2) is 40.1 Å². The molecule has 1 saturated heterocycles. The van der Waals surface area contributed by atoms with E-state index in [4.69, 9.17) is 9.47 Å². The summed E-state index contributed by atoms with van der Waals surface area (Å²) in [6.07, 6.45) is 9.46. The predicted octanol–water partition coefficient (Wildman–Crippen LogP) is 7.53. The van der Waals surface area contributed by atoms with E-state index in [2.05, 4.69) is 0 Å². The van der Waals surface area contributed by atoms with Gasteiger partial charge in [0.1, 0.15) is 11.5 Å². The standard InChI is InChI=1S/C29H36O5S2/c1-20-18-22(19-21(2)27(20)34-29(3,4)28(31)32)9-14-26(30)23-10-12-24(13-11-23)33-16-7-5-6-8-25-15-17-35-36-25/h9-14,18-19,25H,5-8,15-17H2,1-4H3,(H,31,32). The third-order valence-electron chi connectivity index (χ3n) is 6.09. The number of benzene rings is 2. The van der Waals surface area contributed by atoms with E-state index in [1.165, 1.54) is 45.3 Å². The second-order valence-electron chi connectivity index (χ2n) is 9.65. The van der Waals surface area contributed by atoms with Gasteiger partial charge in [-0.2, -0.15) is 0 Å². The molecule has 0 radical (unpaired) electrons. The van der Waals surface area contributed by atoms with Crippen LogP contribution in [0.4, 0.5) is 0 Å². The Morgan fingerprint density at radius 2 is 1.78 bits per heavy atom. The van der Waals surface area contributed by atoms with Crippen molar-refractivity contribution < 1.29 is 24.2 Å². The number of carboxylic acids is 1. The summed E-state index contributed by atoms with van der Waals surface area (Å²) in [6, 6.07) is 11.0. The lowest BCUT2D eigenvalue weighted by atomic mass is 10.0. The van der Waals surface area contributed by atoms with Crippen molar-refractivity contribution in [3.8, 4) is 11.5 Å². The molecule has 1 unspecified atom stereocenters. The molecule has 1 N–H and O–H groups in total. The molecular weight excluding hydrogens is 492 g/mol. The lowest BCUT2D eigenvalue weighted by Crippen LogP contribution is -2.38. The summed E-state index contributed by atoms with van der Waals surface area (Å²) in [5, 5.41) is 10.2. The van der Waals surface area contributed by atoms with E-state index in [9.17, 15) is 14.7 Å². The molecule has 1 fully saturated rings. The molecule has 5 nitrogen and oxygen atoms in total. The monoisotopic (exact) mass is 528 g/mol. The highest BCUT2D eigenvalue weighted by Gasteiger charge is 2.30. The van der Waals surface area contributed by atoms with Gasteiger partial charge in [-0.3, -0.25) is 4.79 Å². The van der Waals surface area contributed by atoms with Gasteiger partial charge >= 0.3 is 5.97 Å². The number of carboxylic acid groups (broad SMARTS) is 1. The van der Waals surface area contributed by atoms with Gasteiger partial charge in [0.05, 0.1) is 6.61 Å². The number of aliphatic carboxylic acids is 1. The smallest absolute Gasteiger partial charge is 0.347 e. The van der Waals surface area contributed by atoms with Gasteiger partial charge in [0.2, 0.25) is 0 Å². The van der Waals surface area contributed by atoms with Crippen LogP contribution in [0.3, 0.4) is 0 Å². The lowest BCUT2D eigenvalue weighted by Gasteiger charge is -2.24. The molecule has 0 aromatic heterocycles. The average molecular weight is 529 g/mol. The van der Waals surface area contributed by atoms with E-state index in [0.717, 1.165) is 34.1 Å². The molecule has 0 saturated carbocycles. The number of hydrogen-bond donors (Lipinski definition) is 1. The van der Waals surface area contributed by atoms with E-state index >= 15 is 0 Å². The van der Waals surface area contributed by atoms with Crippen molar-refractivity contribution in [2.75, 3.05) is 12.4 Å². The number of carbonyl (C=O) groups is 2. The van der Waals surface area contributed by atoms with Gasteiger partial charge < -0.3 is 14.6 Å². The molecule has 2 aromatic carbocycles. The zero-order chi connectivity index (χ0) is 26.1. The summed E-state index contributed by atoms with van der Waals surface area (Å²) in [4.78, 5) is 24.0. The van der Waals surface area contributed by atoms with Gasteiger partial charge in [0, 0.05) is 16.6 Å². The van der Waals surface area contributed by atoms with Crippen molar-refractivity contribution in [1.29, 1.82) is 0 Å². The fourth-order valence-electron chi connectivity index (χ4n) is 3.93. The maximum atomic E-state index is 12.6. The number of rotatable bonds is 13. The largest absolute Gasteiger partial charge is 0.494 e. The van der Waals surface area contributed by atoms with E-state index in [-0.39, 0.29) is 5.78 Å². The fraction of sp³-hybridized carbons (Fsp3) is 0.448. The van der Waals surface area contributed by atoms with Crippen LogP contribution in [0.5, 0.6) is 11.5 Å². The highest BCUT2D eigenvalue weighted by molar-refractivity contribution is 8.77. The Bertz CT molecular complexity index is 1050. The molecule has 2 aromatic rings. The number of hydrogen-bond acceptors (Lipinski definition) is 6. The van der Waals surface area contributed by atoms with Gasteiger partial charge in [-0.15, -0.1) is 0 Å². The van der Waals surface area contributed by atoms with Gasteiger partial charge in [-0.05, 0) is 106 Å². The zero-order valence-corrected chi connectivity index (χ0v) is 23.2. The van der Waals surface area contributed by atoms with Crippen LogP contribution >= 0.6 is 21.6 Å². The summed E-state index contributed by atoms with van der Waals surface area (Å²) < 4.78 is 11.6. The third-order valence-corrected chi connectivity index (χ3v) is 9.09. The van der Waals surface area contributed by atoms with Gasteiger partial charge in [0.25, 0.3) is 0 Å². The molecule has 3 rings (SSSR count). The maximum Gasteiger partial charge on any atom is 0.347 e. The zero-order valence-electron chi connectivity index (χ0n) is 21.5. The van der Waals surface area contributed by atoms with Crippen molar-refractivity contribution in [2.24, 2.45) is 0 Å². The molecule has 0 bridgehead atoms. The molecule has 0 spiro atoms.